The number of amides is 1. The quantitative estimate of drug-likeness (QED) is 0.907. The largest absolute Gasteiger partial charge is 0.376 e. The summed E-state index contributed by atoms with van der Waals surface area (Å²) in [6.45, 7) is 2.00. The zero-order chi connectivity index (χ0) is 15.4. The Balaban J connectivity index is 2.16. The Bertz CT molecular complexity index is 620. The number of nitrogens with two attached hydrogens (primary N) is 1. The first kappa shape index (κ1) is 15.1. The van der Waals surface area contributed by atoms with Crippen molar-refractivity contribution in [3.63, 3.8) is 0 Å². The molecule has 0 aliphatic rings. The highest BCUT2D eigenvalue weighted by atomic mass is 16.2. The third-order valence-corrected chi connectivity index (χ3v) is 3.36. The van der Waals surface area contributed by atoms with Crippen molar-refractivity contribution < 1.29 is 4.79 Å². The summed E-state index contributed by atoms with van der Waals surface area (Å²) in [5.41, 5.74) is 9.69. The summed E-state index contributed by atoms with van der Waals surface area (Å²) >= 11 is 0. The van der Waals surface area contributed by atoms with E-state index >= 15 is 0 Å². The fourth-order valence-corrected chi connectivity index (χ4v) is 2.10. The Hall–Kier alpha value is -2.33. The van der Waals surface area contributed by atoms with Crippen LogP contribution in [0.3, 0.4) is 0 Å². The Morgan fingerprint density at radius 2 is 1.71 bits per heavy atom. The molecule has 0 bridgehead atoms. The molecule has 0 saturated carbocycles. The minimum Gasteiger partial charge on any atom is -0.376 e. The number of carbonyl (C=O) groups excluding carboxylic acids is 1. The van der Waals surface area contributed by atoms with Crippen LogP contribution in [0.5, 0.6) is 0 Å². The smallest absolute Gasteiger partial charge is 0.245 e. The second-order valence-electron chi connectivity index (χ2n) is 5.29. The van der Waals surface area contributed by atoms with E-state index in [1.165, 1.54) is 0 Å². The van der Waals surface area contributed by atoms with E-state index in [2.05, 4.69) is 5.32 Å². The fraction of sp³-hybridized carbons (Fsp3) is 0.235. The van der Waals surface area contributed by atoms with E-state index < -0.39 is 6.04 Å². The van der Waals surface area contributed by atoms with Gasteiger partial charge in [-0.25, -0.2) is 0 Å². The molecule has 3 N–H and O–H groups in total. The van der Waals surface area contributed by atoms with Crippen LogP contribution >= 0.6 is 0 Å². The summed E-state index contributed by atoms with van der Waals surface area (Å²) in [6.07, 6.45) is 0. The maximum atomic E-state index is 12.3. The molecule has 1 atom stereocenters. The number of para-hydroxylation sites is 2. The van der Waals surface area contributed by atoms with Gasteiger partial charge in [-0.05, 0) is 24.6 Å². The first-order valence-electron chi connectivity index (χ1n) is 6.88. The molecule has 0 heterocycles. The standard InChI is InChI=1S/C17H21N3O/c1-12-8-10-13(11-9-12)16(18)17(21)19-14-6-4-5-7-15(14)20(2)3/h4-11,16H,18H2,1-3H3,(H,19,21). The molecule has 0 fully saturated rings. The fourth-order valence-electron chi connectivity index (χ4n) is 2.10. The van der Waals surface area contributed by atoms with Gasteiger partial charge in [0.05, 0.1) is 11.4 Å². The molecule has 0 spiro atoms. The van der Waals surface area contributed by atoms with Gasteiger partial charge in [0.25, 0.3) is 0 Å². The van der Waals surface area contributed by atoms with Gasteiger partial charge in [0.15, 0.2) is 0 Å². The van der Waals surface area contributed by atoms with E-state index in [1.807, 2.05) is 74.4 Å². The van der Waals surface area contributed by atoms with Crippen LogP contribution in [0, 0.1) is 6.92 Å². The third kappa shape index (κ3) is 3.61. The van der Waals surface area contributed by atoms with E-state index in [1.54, 1.807) is 0 Å². The SMILES string of the molecule is Cc1ccc(C(N)C(=O)Nc2ccccc2N(C)C)cc1. The highest BCUT2D eigenvalue weighted by molar-refractivity contribution is 5.98. The van der Waals surface area contributed by atoms with Crippen LogP contribution in [0.25, 0.3) is 0 Å². The number of hydrogen-bond donors (Lipinski definition) is 2. The van der Waals surface area contributed by atoms with Gasteiger partial charge in [0.2, 0.25) is 5.91 Å². The molecule has 1 unspecified atom stereocenters. The number of nitrogens with one attached hydrogen (secondary N) is 1. The lowest BCUT2D eigenvalue weighted by Gasteiger charge is -2.19. The highest BCUT2D eigenvalue weighted by Gasteiger charge is 2.17. The average Bonchev–Trinajstić information content (AvgIpc) is 2.47. The van der Waals surface area contributed by atoms with Crippen LogP contribution in [0.2, 0.25) is 0 Å². The number of carbonyl (C=O) groups is 1. The maximum Gasteiger partial charge on any atom is 0.245 e. The van der Waals surface area contributed by atoms with Crippen molar-refractivity contribution in [2.75, 3.05) is 24.3 Å². The lowest BCUT2D eigenvalue weighted by atomic mass is 10.1. The van der Waals surface area contributed by atoms with Gasteiger partial charge in [-0.1, -0.05) is 42.0 Å². The van der Waals surface area contributed by atoms with Gasteiger partial charge in [0.1, 0.15) is 6.04 Å². The summed E-state index contributed by atoms with van der Waals surface area (Å²) in [4.78, 5) is 14.3. The molecule has 2 aromatic rings. The van der Waals surface area contributed by atoms with Gasteiger partial charge in [-0.2, -0.15) is 0 Å². The highest BCUT2D eigenvalue weighted by Crippen LogP contribution is 2.24. The number of benzene rings is 2. The number of rotatable bonds is 4. The summed E-state index contributed by atoms with van der Waals surface area (Å²) in [5, 5.41) is 2.90. The molecule has 1 amide bonds. The van der Waals surface area contributed by atoms with Gasteiger partial charge < -0.3 is 16.0 Å². The number of hydrogen-bond acceptors (Lipinski definition) is 3. The summed E-state index contributed by atoms with van der Waals surface area (Å²) < 4.78 is 0. The molecule has 2 rings (SSSR count). The molecule has 21 heavy (non-hydrogen) atoms. The Morgan fingerprint density at radius 1 is 1.10 bits per heavy atom. The third-order valence-electron chi connectivity index (χ3n) is 3.36. The normalized spacial score (nSPS) is 11.8. The molecule has 0 aliphatic heterocycles. The monoisotopic (exact) mass is 283 g/mol. The van der Waals surface area contributed by atoms with E-state index in [4.69, 9.17) is 5.73 Å². The summed E-state index contributed by atoms with van der Waals surface area (Å²) in [7, 11) is 3.87. The molecule has 0 aliphatic carbocycles. The molecule has 0 aromatic heterocycles. The van der Waals surface area contributed by atoms with Gasteiger partial charge in [-0.15, -0.1) is 0 Å². The molecule has 0 saturated heterocycles. The number of nitrogens with zero attached hydrogens (tertiary/aromatic N) is 1. The van der Waals surface area contributed by atoms with E-state index in [0.29, 0.717) is 0 Å². The van der Waals surface area contributed by atoms with E-state index in [9.17, 15) is 4.79 Å². The Morgan fingerprint density at radius 3 is 2.33 bits per heavy atom. The van der Waals surface area contributed by atoms with Crippen molar-refractivity contribution in [3.8, 4) is 0 Å². The second-order valence-corrected chi connectivity index (χ2v) is 5.29. The van der Waals surface area contributed by atoms with Crippen molar-refractivity contribution in [1.82, 2.24) is 0 Å². The minimum absolute atomic E-state index is 0.215. The van der Waals surface area contributed by atoms with Crippen molar-refractivity contribution in [1.29, 1.82) is 0 Å². The molecule has 110 valence electrons. The minimum atomic E-state index is -0.680. The Kier molecular flexibility index (Phi) is 4.60. The van der Waals surface area contributed by atoms with E-state index in [-0.39, 0.29) is 5.91 Å². The van der Waals surface area contributed by atoms with Gasteiger partial charge in [-0.3, -0.25) is 4.79 Å². The molecule has 4 heteroatoms. The lowest BCUT2D eigenvalue weighted by Crippen LogP contribution is -2.28. The molecular weight excluding hydrogens is 262 g/mol. The van der Waals surface area contributed by atoms with Crippen LogP contribution in [-0.4, -0.2) is 20.0 Å². The predicted molar refractivity (Wildman–Crippen MR) is 87.5 cm³/mol. The van der Waals surface area contributed by atoms with E-state index in [0.717, 1.165) is 22.5 Å². The zero-order valence-electron chi connectivity index (χ0n) is 12.6. The second kappa shape index (κ2) is 6.41. The number of anilines is 2. The average molecular weight is 283 g/mol. The van der Waals surface area contributed by atoms with Crippen molar-refractivity contribution >= 4 is 17.3 Å². The topological polar surface area (TPSA) is 58.4 Å². The van der Waals surface area contributed by atoms with Crippen molar-refractivity contribution in [2.45, 2.75) is 13.0 Å². The molecule has 2 aromatic carbocycles. The number of aryl methyl sites for hydroxylation is 1. The zero-order valence-corrected chi connectivity index (χ0v) is 12.6. The lowest BCUT2D eigenvalue weighted by molar-refractivity contribution is -0.117. The van der Waals surface area contributed by atoms with Crippen LogP contribution in [0.1, 0.15) is 17.2 Å². The molecule has 0 radical (unpaired) electrons. The van der Waals surface area contributed by atoms with Gasteiger partial charge in [0, 0.05) is 14.1 Å². The maximum absolute atomic E-state index is 12.3. The van der Waals surface area contributed by atoms with Gasteiger partial charge >= 0.3 is 0 Å². The molecule has 4 nitrogen and oxygen atoms in total. The molecular formula is C17H21N3O. The summed E-state index contributed by atoms with van der Waals surface area (Å²) in [6, 6.07) is 14.6. The van der Waals surface area contributed by atoms with Crippen LogP contribution in [-0.2, 0) is 4.79 Å². The van der Waals surface area contributed by atoms with Crippen LogP contribution in [0.15, 0.2) is 48.5 Å². The Labute approximate surface area is 125 Å². The van der Waals surface area contributed by atoms with Crippen LogP contribution in [0.4, 0.5) is 11.4 Å². The predicted octanol–water partition coefficient (Wildman–Crippen LogP) is 2.70. The van der Waals surface area contributed by atoms with Crippen molar-refractivity contribution in [2.24, 2.45) is 5.73 Å². The van der Waals surface area contributed by atoms with Crippen LogP contribution < -0.4 is 16.0 Å². The first-order chi connectivity index (χ1) is 9.99. The summed E-state index contributed by atoms with van der Waals surface area (Å²) in [5.74, 6) is -0.215. The first-order valence-corrected chi connectivity index (χ1v) is 6.88. The van der Waals surface area contributed by atoms with Crippen molar-refractivity contribution in [3.05, 3.63) is 59.7 Å².